The van der Waals surface area contributed by atoms with Gasteiger partial charge < -0.3 is 10.0 Å². The Morgan fingerprint density at radius 3 is 2.18 bits per heavy atom. The maximum absolute atomic E-state index is 9.64. The highest BCUT2D eigenvalue weighted by molar-refractivity contribution is 5.29. The van der Waals surface area contributed by atoms with Crippen molar-refractivity contribution in [1.82, 2.24) is 4.90 Å². The van der Waals surface area contributed by atoms with E-state index < -0.39 is 0 Å². The van der Waals surface area contributed by atoms with Crippen LogP contribution in [0.3, 0.4) is 0 Å². The second-order valence-electron chi connectivity index (χ2n) is 5.36. The van der Waals surface area contributed by atoms with Crippen molar-refractivity contribution in [2.24, 2.45) is 11.8 Å². The molecule has 2 nitrogen and oxygen atoms in total. The molecule has 0 spiro atoms. The number of aryl methyl sites for hydroxylation is 1. The Morgan fingerprint density at radius 2 is 1.76 bits per heavy atom. The molecular weight excluding hydrogens is 210 g/mol. The summed E-state index contributed by atoms with van der Waals surface area (Å²) in [6.45, 7) is 6.72. The van der Waals surface area contributed by atoms with E-state index in [9.17, 15) is 5.11 Å². The molecule has 0 saturated carbocycles. The van der Waals surface area contributed by atoms with Crippen LogP contribution in [0.2, 0.25) is 0 Å². The summed E-state index contributed by atoms with van der Waals surface area (Å²) in [7, 11) is 4.17. The number of aliphatic hydroxyl groups is 1. The largest absolute Gasteiger partial charge is 0.396 e. The first-order valence-corrected chi connectivity index (χ1v) is 6.31. The molecule has 1 aromatic carbocycles. The summed E-state index contributed by atoms with van der Waals surface area (Å²) >= 11 is 0. The summed E-state index contributed by atoms with van der Waals surface area (Å²) < 4.78 is 0. The van der Waals surface area contributed by atoms with Gasteiger partial charge in [-0.1, -0.05) is 38.1 Å². The first-order chi connectivity index (χ1) is 7.99. The normalized spacial score (nSPS) is 15.3. The van der Waals surface area contributed by atoms with E-state index in [0.29, 0.717) is 5.92 Å². The Labute approximate surface area is 105 Å². The summed E-state index contributed by atoms with van der Waals surface area (Å²) in [5.41, 5.74) is 2.62. The van der Waals surface area contributed by atoms with E-state index in [1.807, 2.05) is 0 Å². The number of hydrogen-bond donors (Lipinski definition) is 1. The van der Waals surface area contributed by atoms with Gasteiger partial charge in [-0.25, -0.2) is 0 Å². The maximum atomic E-state index is 9.64. The van der Waals surface area contributed by atoms with Gasteiger partial charge in [0.25, 0.3) is 0 Å². The lowest BCUT2D eigenvalue weighted by molar-refractivity contribution is 0.0998. The SMILES string of the molecule is Cc1ccccc1C(C(CO)C(C)C)N(C)C. The molecule has 96 valence electrons. The van der Waals surface area contributed by atoms with Crippen molar-refractivity contribution in [2.75, 3.05) is 20.7 Å². The monoisotopic (exact) mass is 235 g/mol. The fourth-order valence-electron chi connectivity index (χ4n) is 2.49. The molecule has 1 aromatic rings. The summed E-state index contributed by atoms with van der Waals surface area (Å²) in [5.74, 6) is 0.734. The van der Waals surface area contributed by atoms with E-state index in [1.54, 1.807) is 0 Å². The third-order valence-electron chi connectivity index (χ3n) is 3.54. The number of hydrogen-bond acceptors (Lipinski definition) is 2. The van der Waals surface area contributed by atoms with Crippen molar-refractivity contribution >= 4 is 0 Å². The van der Waals surface area contributed by atoms with E-state index in [4.69, 9.17) is 0 Å². The second-order valence-corrected chi connectivity index (χ2v) is 5.36. The third-order valence-corrected chi connectivity index (χ3v) is 3.54. The van der Waals surface area contributed by atoms with Gasteiger partial charge in [0.15, 0.2) is 0 Å². The van der Waals surface area contributed by atoms with Crippen molar-refractivity contribution in [3.05, 3.63) is 35.4 Å². The van der Waals surface area contributed by atoms with Gasteiger partial charge in [-0.05, 0) is 38.1 Å². The van der Waals surface area contributed by atoms with Crippen LogP contribution >= 0.6 is 0 Å². The Balaban J connectivity index is 3.13. The molecule has 0 aliphatic carbocycles. The Kier molecular flexibility index (Phi) is 5.16. The summed E-state index contributed by atoms with van der Waals surface area (Å²) in [4.78, 5) is 2.21. The second kappa shape index (κ2) is 6.18. The van der Waals surface area contributed by atoms with Crippen LogP contribution in [0.4, 0.5) is 0 Å². The molecule has 2 heteroatoms. The first-order valence-electron chi connectivity index (χ1n) is 6.31. The Hall–Kier alpha value is -0.860. The van der Waals surface area contributed by atoms with Gasteiger partial charge in [0, 0.05) is 18.6 Å². The van der Waals surface area contributed by atoms with Gasteiger partial charge in [-0.2, -0.15) is 0 Å². The van der Waals surface area contributed by atoms with E-state index in [0.717, 1.165) is 0 Å². The Morgan fingerprint density at radius 1 is 1.18 bits per heavy atom. The lowest BCUT2D eigenvalue weighted by Crippen LogP contribution is -2.33. The van der Waals surface area contributed by atoms with Gasteiger partial charge in [-0.15, -0.1) is 0 Å². The average molecular weight is 235 g/mol. The summed E-state index contributed by atoms with van der Waals surface area (Å²) in [6, 6.07) is 8.73. The standard InChI is InChI=1S/C15H25NO/c1-11(2)14(10-17)15(16(4)5)13-9-7-6-8-12(13)3/h6-9,11,14-15,17H,10H2,1-5H3. The molecule has 1 rings (SSSR count). The number of benzene rings is 1. The highest BCUT2D eigenvalue weighted by atomic mass is 16.3. The molecule has 0 aliphatic rings. The van der Waals surface area contributed by atoms with E-state index in [1.165, 1.54) is 11.1 Å². The highest BCUT2D eigenvalue weighted by Gasteiger charge is 2.27. The number of nitrogens with zero attached hydrogens (tertiary/aromatic N) is 1. The van der Waals surface area contributed by atoms with Crippen LogP contribution in [0, 0.1) is 18.8 Å². The third kappa shape index (κ3) is 3.30. The van der Waals surface area contributed by atoms with Crippen LogP contribution in [-0.4, -0.2) is 30.7 Å². The van der Waals surface area contributed by atoms with Crippen LogP contribution in [0.1, 0.15) is 31.0 Å². The zero-order valence-corrected chi connectivity index (χ0v) is 11.6. The van der Waals surface area contributed by atoms with Crippen molar-refractivity contribution in [3.8, 4) is 0 Å². The van der Waals surface area contributed by atoms with Gasteiger partial charge in [0.2, 0.25) is 0 Å². The fraction of sp³-hybridized carbons (Fsp3) is 0.600. The van der Waals surface area contributed by atoms with Gasteiger partial charge in [-0.3, -0.25) is 0 Å². The van der Waals surface area contributed by atoms with E-state index >= 15 is 0 Å². The summed E-state index contributed by atoms with van der Waals surface area (Å²) in [5, 5.41) is 9.64. The minimum absolute atomic E-state index is 0.231. The molecule has 0 saturated heterocycles. The van der Waals surface area contributed by atoms with Crippen molar-refractivity contribution < 1.29 is 5.11 Å². The molecule has 1 N–H and O–H groups in total. The predicted molar refractivity (Wildman–Crippen MR) is 73.0 cm³/mol. The predicted octanol–water partition coefficient (Wildman–Crippen LogP) is 2.86. The highest BCUT2D eigenvalue weighted by Crippen LogP contribution is 2.33. The van der Waals surface area contributed by atoms with E-state index in [2.05, 4.69) is 64.0 Å². The van der Waals surface area contributed by atoms with Crippen LogP contribution in [0.15, 0.2) is 24.3 Å². The van der Waals surface area contributed by atoms with Gasteiger partial charge in [0.05, 0.1) is 0 Å². The van der Waals surface area contributed by atoms with E-state index in [-0.39, 0.29) is 18.6 Å². The Bertz CT molecular complexity index is 347. The number of aliphatic hydroxyl groups excluding tert-OH is 1. The van der Waals surface area contributed by atoms with Gasteiger partial charge >= 0.3 is 0 Å². The minimum Gasteiger partial charge on any atom is -0.396 e. The molecule has 0 fully saturated rings. The van der Waals surface area contributed by atoms with Crippen molar-refractivity contribution in [3.63, 3.8) is 0 Å². The average Bonchev–Trinajstić information content (AvgIpc) is 2.26. The van der Waals surface area contributed by atoms with Crippen molar-refractivity contribution in [1.29, 1.82) is 0 Å². The molecule has 17 heavy (non-hydrogen) atoms. The first kappa shape index (κ1) is 14.2. The minimum atomic E-state index is 0.231. The molecule has 2 unspecified atom stereocenters. The lowest BCUT2D eigenvalue weighted by atomic mass is 9.83. The van der Waals surface area contributed by atoms with Crippen LogP contribution in [0.25, 0.3) is 0 Å². The maximum Gasteiger partial charge on any atom is 0.0480 e. The molecule has 0 radical (unpaired) electrons. The quantitative estimate of drug-likeness (QED) is 0.848. The number of rotatable bonds is 5. The topological polar surface area (TPSA) is 23.5 Å². The zero-order chi connectivity index (χ0) is 13.0. The van der Waals surface area contributed by atoms with Gasteiger partial charge in [0.1, 0.15) is 0 Å². The molecule has 0 heterocycles. The summed E-state index contributed by atoms with van der Waals surface area (Å²) in [6.07, 6.45) is 0. The smallest absolute Gasteiger partial charge is 0.0480 e. The lowest BCUT2D eigenvalue weighted by Gasteiger charge is -2.35. The molecule has 0 amide bonds. The molecular formula is C15H25NO. The van der Waals surface area contributed by atoms with Crippen molar-refractivity contribution in [2.45, 2.75) is 26.8 Å². The molecule has 0 aromatic heterocycles. The van der Waals surface area contributed by atoms with Crippen LogP contribution in [-0.2, 0) is 0 Å². The zero-order valence-electron chi connectivity index (χ0n) is 11.6. The van der Waals surface area contributed by atoms with Crippen LogP contribution < -0.4 is 0 Å². The molecule has 2 atom stereocenters. The fourth-order valence-corrected chi connectivity index (χ4v) is 2.49. The molecule has 0 bridgehead atoms. The molecule has 0 aliphatic heterocycles. The van der Waals surface area contributed by atoms with Crippen LogP contribution in [0.5, 0.6) is 0 Å².